The predicted octanol–water partition coefficient (Wildman–Crippen LogP) is 7.88. The zero-order valence-electron chi connectivity index (χ0n) is 33.7. The van der Waals surface area contributed by atoms with Gasteiger partial charge in [0.25, 0.3) is 0 Å². The minimum Gasteiger partial charge on any atom is -0.481 e. The van der Waals surface area contributed by atoms with Crippen molar-refractivity contribution in [3.05, 3.63) is 11.1 Å². The van der Waals surface area contributed by atoms with Crippen molar-refractivity contribution in [3.63, 3.8) is 0 Å². The second-order valence-corrected chi connectivity index (χ2v) is 21.0. The Kier molecular flexibility index (Phi) is 9.27. The average Bonchev–Trinajstić information content (AvgIpc) is 3.66. The van der Waals surface area contributed by atoms with E-state index in [1.165, 1.54) is 5.57 Å². The van der Waals surface area contributed by atoms with Crippen LogP contribution < -0.4 is 10.6 Å². The van der Waals surface area contributed by atoms with Crippen molar-refractivity contribution in [1.29, 1.82) is 0 Å². The summed E-state index contributed by atoms with van der Waals surface area (Å²) in [5.74, 6) is -0.152. The number of Topliss-reactive ketones (excluding diaryl/α,β-unsaturated/α-hetero) is 1. The Morgan fingerprint density at radius 2 is 1.60 bits per heavy atom. The highest BCUT2D eigenvalue weighted by molar-refractivity contribution is 6.01. The standard InChI is InChI=1S/C44H68N2O6/c1-25(2)35-30(47)22-44(23-34(48)46-24-26-11-10-20-45-26)19-18-42(8)27(36(35)44)12-13-32-41(7)16-15-33(40(5,6)31(41)14-17-43(32,42)9)52-38(51)29-21-28(37(49)50)39(29,3)4/h25-29,31-33,45H,10-24H2,1-9H3,(H,46,48)(H,49,50)/t26-,27+,28-,29+,31-,32+,33-,41-,42+,43+,44-/m0/s1. The van der Waals surface area contributed by atoms with Crippen molar-refractivity contribution in [2.45, 2.75) is 158 Å². The van der Waals surface area contributed by atoms with Crippen LogP contribution >= 0.6 is 0 Å². The summed E-state index contributed by atoms with van der Waals surface area (Å²) >= 11 is 0. The van der Waals surface area contributed by atoms with Crippen molar-refractivity contribution in [1.82, 2.24) is 10.6 Å². The molecule has 1 heterocycles. The fraction of sp³-hybridized carbons (Fsp3) is 0.864. The zero-order valence-corrected chi connectivity index (χ0v) is 33.7. The molecule has 8 heteroatoms. The van der Waals surface area contributed by atoms with Gasteiger partial charge in [-0.2, -0.15) is 0 Å². The molecule has 8 nitrogen and oxygen atoms in total. The molecule has 7 aliphatic rings. The number of allylic oxidation sites excluding steroid dienone is 2. The molecule has 6 fully saturated rings. The Morgan fingerprint density at radius 3 is 2.23 bits per heavy atom. The number of ether oxygens (including phenoxy) is 1. The molecule has 0 aromatic carbocycles. The molecule has 1 saturated heterocycles. The van der Waals surface area contributed by atoms with Gasteiger partial charge in [-0.05, 0) is 128 Å². The summed E-state index contributed by atoms with van der Waals surface area (Å²) in [6.45, 7) is 22.2. The topological polar surface area (TPSA) is 122 Å². The summed E-state index contributed by atoms with van der Waals surface area (Å²) in [4.78, 5) is 53.0. The van der Waals surface area contributed by atoms with Gasteiger partial charge in [-0.1, -0.05) is 67.9 Å². The molecule has 52 heavy (non-hydrogen) atoms. The molecule has 11 atom stereocenters. The molecule has 0 bridgehead atoms. The summed E-state index contributed by atoms with van der Waals surface area (Å²) in [7, 11) is 0. The normalized spacial score (nSPS) is 44.6. The van der Waals surface area contributed by atoms with Crippen LogP contribution in [-0.2, 0) is 23.9 Å². The molecule has 1 amide bonds. The summed E-state index contributed by atoms with van der Waals surface area (Å²) in [5, 5.41) is 16.4. The Morgan fingerprint density at radius 1 is 0.865 bits per heavy atom. The monoisotopic (exact) mass is 721 g/mol. The first kappa shape index (κ1) is 38.1. The number of fused-ring (bicyclic) bond motifs is 7. The van der Waals surface area contributed by atoms with E-state index in [4.69, 9.17) is 4.74 Å². The highest BCUT2D eigenvalue weighted by Crippen LogP contribution is 2.77. The zero-order chi connectivity index (χ0) is 37.8. The molecule has 1 aliphatic heterocycles. The van der Waals surface area contributed by atoms with E-state index in [1.807, 2.05) is 13.8 Å². The van der Waals surface area contributed by atoms with E-state index in [0.29, 0.717) is 49.6 Å². The summed E-state index contributed by atoms with van der Waals surface area (Å²) in [5.41, 5.74) is 1.46. The number of nitrogens with one attached hydrogen (secondary N) is 2. The van der Waals surface area contributed by atoms with Gasteiger partial charge >= 0.3 is 11.9 Å². The van der Waals surface area contributed by atoms with Crippen LogP contribution in [0.15, 0.2) is 11.1 Å². The Labute approximate surface area is 312 Å². The second kappa shape index (κ2) is 12.7. The number of rotatable bonds is 8. The van der Waals surface area contributed by atoms with Gasteiger partial charge < -0.3 is 20.5 Å². The van der Waals surface area contributed by atoms with E-state index < -0.39 is 17.3 Å². The third-order valence-corrected chi connectivity index (χ3v) is 17.8. The summed E-state index contributed by atoms with van der Waals surface area (Å²) in [6.07, 6.45) is 11.5. The first-order chi connectivity index (χ1) is 24.2. The van der Waals surface area contributed by atoms with Crippen LogP contribution in [0.2, 0.25) is 0 Å². The van der Waals surface area contributed by atoms with Crippen molar-refractivity contribution < 1.29 is 29.0 Å². The fourth-order valence-electron chi connectivity index (χ4n) is 14.6. The van der Waals surface area contributed by atoms with Gasteiger partial charge in [-0.25, -0.2) is 0 Å². The fourth-order valence-corrected chi connectivity index (χ4v) is 14.6. The average molecular weight is 721 g/mol. The quantitative estimate of drug-likeness (QED) is 0.218. The molecule has 0 unspecified atom stereocenters. The van der Waals surface area contributed by atoms with Crippen LogP contribution in [0.4, 0.5) is 0 Å². The molecule has 5 saturated carbocycles. The summed E-state index contributed by atoms with van der Waals surface area (Å²) in [6, 6.07) is 0.350. The van der Waals surface area contributed by atoms with Crippen LogP contribution in [0.3, 0.4) is 0 Å². The highest BCUT2D eigenvalue weighted by atomic mass is 16.5. The molecule has 0 radical (unpaired) electrons. The number of hydrogen-bond acceptors (Lipinski definition) is 6. The van der Waals surface area contributed by atoms with Gasteiger partial charge in [0.2, 0.25) is 5.91 Å². The predicted molar refractivity (Wildman–Crippen MR) is 201 cm³/mol. The van der Waals surface area contributed by atoms with Gasteiger partial charge in [-0.15, -0.1) is 0 Å². The number of esters is 1. The van der Waals surface area contributed by atoms with Gasteiger partial charge in [-0.3, -0.25) is 19.2 Å². The van der Waals surface area contributed by atoms with E-state index in [2.05, 4.69) is 59.1 Å². The Bertz CT molecular complexity index is 1540. The van der Waals surface area contributed by atoms with Crippen LogP contribution in [0.25, 0.3) is 0 Å². The number of amides is 1. The lowest BCUT2D eigenvalue weighted by Gasteiger charge is -2.72. The number of ketones is 1. The Balaban J connectivity index is 1.12. The molecular weight excluding hydrogens is 652 g/mol. The van der Waals surface area contributed by atoms with Gasteiger partial charge in [0, 0.05) is 36.3 Å². The molecule has 6 aliphatic carbocycles. The lowest BCUT2D eigenvalue weighted by atomic mass is 9.33. The number of aliphatic carboxylic acids is 1. The van der Waals surface area contributed by atoms with Crippen LogP contribution in [-0.4, -0.2) is 54.0 Å². The number of carbonyl (C=O) groups excluding carboxylic acids is 3. The first-order valence-electron chi connectivity index (χ1n) is 20.9. The lowest BCUT2D eigenvalue weighted by Crippen LogP contribution is -2.66. The maximum Gasteiger partial charge on any atom is 0.309 e. The van der Waals surface area contributed by atoms with Crippen molar-refractivity contribution in [2.75, 3.05) is 13.1 Å². The molecular formula is C44H68N2O6. The summed E-state index contributed by atoms with van der Waals surface area (Å²) < 4.78 is 6.41. The molecule has 0 aromatic rings. The SMILES string of the molecule is CC(C)C1=C2[C@H]3CC[C@@H]4[C@@]5(C)CC[C@H](OC(=O)[C@H]6C[C@@H](C(=O)O)C6(C)C)C(C)(C)[C@@H]5CC[C@@]4(C)[C@]3(C)CC[C@@]2(CC(=O)NC[C@@H]2CCCN2)CC1=O. The third-order valence-electron chi connectivity index (χ3n) is 17.8. The maximum absolute atomic E-state index is 14.0. The highest BCUT2D eigenvalue weighted by Gasteiger charge is 2.70. The smallest absolute Gasteiger partial charge is 0.309 e. The second-order valence-electron chi connectivity index (χ2n) is 21.0. The molecule has 0 spiro atoms. The van der Waals surface area contributed by atoms with E-state index >= 15 is 0 Å². The van der Waals surface area contributed by atoms with Gasteiger partial charge in [0.1, 0.15) is 6.10 Å². The maximum atomic E-state index is 14.0. The largest absolute Gasteiger partial charge is 0.481 e. The van der Waals surface area contributed by atoms with Crippen molar-refractivity contribution in [2.24, 2.45) is 68.0 Å². The molecule has 0 aromatic heterocycles. The van der Waals surface area contributed by atoms with Crippen molar-refractivity contribution >= 4 is 23.6 Å². The van der Waals surface area contributed by atoms with E-state index in [9.17, 15) is 24.3 Å². The molecule has 7 rings (SSSR count). The lowest BCUT2D eigenvalue weighted by molar-refractivity contribution is -0.236. The number of hydrogen-bond donors (Lipinski definition) is 3. The van der Waals surface area contributed by atoms with Gasteiger partial charge in [0.15, 0.2) is 5.78 Å². The number of carboxylic acid groups (broad SMARTS) is 1. The van der Waals surface area contributed by atoms with Gasteiger partial charge in [0.05, 0.1) is 11.8 Å². The van der Waals surface area contributed by atoms with Crippen molar-refractivity contribution in [3.8, 4) is 0 Å². The van der Waals surface area contributed by atoms with E-state index in [-0.39, 0.29) is 62.7 Å². The Hall–Kier alpha value is -2.22. The van der Waals surface area contributed by atoms with Crippen LogP contribution in [0, 0.1) is 68.0 Å². The van der Waals surface area contributed by atoms with E-state index in [1.54, 1.807) is 0 Å². The van der Waals surface area contributed by atoms with Crippen LogP contribution in [0.5, 0.6) is 0 Å². The minimum absolute atomic E-state index is 0.0294. The minimum atomic E-state index is -0.825. The van der Waals surface area contributed by atoms with Crippen LogP contribution in [0.1, 0.15) is 146 Å². The number of carboxylic acids is 1. The molecule has 290 valence electrons. The molecule has 3 N–H and O–H groups in total. The third kappa shape index (κ3) is 5.43. The van der Waals surface area contributed by atoms with E-state index in [0.717, 1.165) is 76.3 Å². The number of carbonyl (C=O) groups is 4. The first-order valence-corrected chi connectivity index (χ1v) is 20.9.